The van der Waals surface area contributed by atoms with Gasteiger partial charge in [0.2, 0.25) is 0 Å². The maximum Gasteiger partial charge on any atom is 0.138 e. The number of para-hydroxylation sites is 1. The first kappa shape index (κ1) is 14.6. The van der Waals surface area contributed by atoms with Crippen LogP contribution in [0.1, 0.15) is 18.1 Å². The Bertz CT molecular complexity index is 743. The molecule has 2 nitrogen and oxygen atoms in total. The van der Waals surface area contributed by atoms with Crippen LogP contribution < -0.4 is 0 Å². The Balaban J connectivity index is 1.67. The van der Waals surface area contributed by atoms with Crippen LogP contribution in [0.5, 0.6) is 0 Å². The fourth-order valence-corrected chi connectivity index (χ4v) is 2.63. The fourth-order valence-electron chi connectivity index (χ4n) is 2.63. The maximum absolute atomic E-state index is 5.62. The van der Waals surface area contributed by atoms with Gasteiger partial charge in [0.05, 0.1) is 6.26 Å². The molecule has 1 heterocycles. The Kier molecular flexibility index (Phi) is 4.71. The Labute approximate surface area is 131 Å². The van der Waals surface area contributed by atoms with Crippen molar-refractivity contribution in [3.8, 4) is 0 Å². The molecule has 0 N–H and O–H groups in total. The van der Waals surface area contributed by atoms with Crippen molar-refractivity contribution >= 4 is 17.0 Å². The highest BCUT2D eigenvalue weighted by molar-refractivity contribution is 5.80. The molecule has 0 atom stereocenters. The minimum atomic E-state index is 0.903. The summed E-state index contributed by atoms with van der Waals surface area (Å²) in [5, 5.41) is 1.17. The summed E-state index contributed by atoms with van der Waals surface area (Å²) in [6, 6.07) is 18.8. The highest BCUT2D eigenvalue weighted by atomic mass is 16.3. The molecule has 3 rings (SSSR count). The number of nitrogens with zero attached hydrogens (tertiary/aromatic N) is 1. The lowest BCUT2D eigenvalue weighted by Gasteiger charge is -2.18. The van der Waals surface area contributed by atoms with Crippen LogP contribution in [0.3, 0.4) is 0 Å². The highest BCUT2D eigenvalue weighted by Gasteiger charge is 2.07. The second kappa shape index (κ2) is 7.10. The summed E-state index contributed by atoms with van der Waals surface area (Å²) in [7, 11) is 0. The van der Waals surface area contributed by atoms with Crippen molar-refractivity contribution in [2.45, 2.75) is 13.5 Å². The van der Waals surface area contributed by atoms with Crippen LogP contribution in [-0.2, 0) is 6.54 Å². The molecule has 0 radical (unpaired) electrons. The van der Waals surface area contributed by atoms with Crippen LogP contribution in [0.2, 0.25) is 0 Å². The molecule has 0 spiro atoms. The van der Waals surface area contributed by atoms with Crippen molar-refractivity contribution in [2.24, 2.45) is 0 Å². The van der Waals surface area contributed by atoms with E-state index in [1.54, 1.807) is 6.26 Å². The third kappa shape index (κ3) is 3.46. The normalized spacial score (nSPS) is 11.7. The summed E-state index contributed by atoms with van der Waals surface area (Å²) >= 11 is 0. The van der Waals surface area contributed by atoms with Gasteiger partial charge in [-0.2, -0.15) is 0 Å². The van der Waals surface area contributed by atoms with Crippen molar-refractivity contribution < 1.29 is 4.42 Å². The molecule has 0 aliphatic heterocycles. The monoisotopic (exact) mass is 291 g/mol. The smallest absolute Gasteiger partial charge is 0.138 e. The van der Waals surface area contributed by atoms with E-state index in [9.17, 15) is 0 Å². The second-order valence-corrected chi connectivity index (χ2v) is 5.40. The van der Waals surface area contributed by atoms with E-state index in [1.807, 2.05) is 12.1 Å². The molecular weight excluding hydrogens is 270 g/mol. The van der Waals surface area contributed by atoms with Gasteiger partial charge < -0.3 is 4.42 Å². The SMILES string of the molecule is CCN(C/C=C/c1ccccc1)Cc1cccc2ccoc12. The molecule has 0 saturated carbocycles. The molecule has 2 heteroatoms. The van der Waals surface area contributed by atoms with Gasteiger partial charge in [-0.25, -0.2) is 0 Å². The first-order chi connectivity index (χ1) is 10.9. The number of rotatable bonds is 6. The minimum Gasteiger partial charge on any atom is -0.464 e. The zero-order valence-corrected chi connectivity index (χ0v) is 12.9. The summed E-state index contributed by atoms with van der Waals surface area (Å²) in [6.45, 7) is 5.04. The van der Waals surface area contributed by atoms with Gasteiger partial charge in [-0.15, -0.1) is 0 Å². The van der Waals surface area contributed by atoms with Gasteiger partial charge in [-0.3, -0.25) is 4.90 Å². The lowest BCUT2D eigenvalue weighted by molar-refractivity contribution is 0.311. The lowest BCUT2D eigenvalue weighted by atomic mass is 10.1. The van der Waals surface area contributed by atoms with Gasteiger partial charge in [-0.05, 0) is 18.2 Å². The van der Waals surface area contributed by atoms with Crippen LogP contribution >= 0.6 is 0 Å². The molecule has 0 saturated heterocycles. The Hall–Kier alpha value is -2.32. The van der Waals surface area contributed by atoms with Crippen molar-refractivity contribution in [3.63, 3.8) is 0 Å². The molecule has 0 aliphatic rings. The van der Waals surface area contributed by atoms with Crippen LogP contribution in [0, 0.1) is 0 Å². The summed E-state index contributed by atoms with van der Waals surface area (Å²) in [5.41, 5.74) is 3.50. The molecule has 3 aromatic rings. The van der Waals surface area contributed by atoms with Gasteiger partial charge in [0.15, 0.2) is 0 Å². The number of fused-ring (bicyclic) bond motifs is 1. The molecule has 1 aromatic heterocycles. The molecule has 2 aromatic carbocycles. The van der Waals surface area contributed by atoms with Crippen LogP contribution in [0.25, 0.3) is 17.0 Å². The van der Waals surface area contributed by atoms with Crippen molar-refractivity contribution in [1.82, 2.24) is 4.90 Å². The average Bonchev–Trinajstić information content (AvgIpc) is 3.04. The third-order valence-corrected chi connectivity index (χ3v) is 3.88. The number of hydrogen-bond acceptors (Lipinski definition) is 2. The van der Waals surface area contributed by atoms with E-state index in [0.717, 1.165) is 25.2 Å². The van der Waals surface area contributed by atoms with E-state index in [2.05, 4.69) is 66.4 Å². The second-order valence-electron chi connectivity index (χ2n) is 5.40. The molecule has 112 valence electrons. The van der Waals surface area contributed by atoms with Gasteiger partial charge in [0.25, 0.3) is 0 Å². The van der Waals surface area contributed by atoms with Crippen molar-refractivity contribution in [1.29, 1.82) is 0 Å². The summed E-state index contributed by atoms with van der Waals surface area (Å²) in [4.78, 5) is 2.40. The van der Waals surface area contributed by atoms with E-state index in [-0.39, 0.29) is 0 Å². The number of benzene rings is 2. The topological polar surface area (TPSA) is 16.4 Å². The fraction of sp³-hybridized carbons (Fsp3) is 0.200. The van der Waals surface area contributed by atoms with E-state index < -0.39 is 0 Å². The molecule has 0 aliphatic carbocycles. The predicted molar refractivity (Wildman–Crippen MR) is 92.6 cm³/mol. The zero-order chi connectivity index (χ0) is 15.2. The number of likely N-dealkylation sites (N-methyl/N-ethyl adjacent to an activating group) is 1. The summed E-state index contributed by atoms with van der Waals surface area (Å²) in [6.07, 6.45) is 6.16. The summed E-state index contributed by atoms with van der Waals surface area (Å²) in [5.74, 6) is 0. The molecule has 0 bridgehead atoms. The Morgan fingerprint density at radius 2 is 1.86 bits per heavy atom. The number of hydrogen-bond donors (Lipinski definition) is 0. The van der Waals surface area contributed by atoms with Crippen LogP contribution in [-0.4, -0.2) is 18.0 Å². The van der Waals surface area contributed by atoms with Gasteiger partial charge in [0.1, 0.15) is 5.58 Å². The maximum atomic E-state index is 5.62. The number of furan rings is 1. The summed E-state index contributed by atoms with van der Waals surface area (Å²) < 4.78 is 5.62. The molecule has 0 unspecified atom stereocenters. The third-order valence-electron chi connectivity index (χ3n) is 3.88. The lowest BCUT2D eigenvalue weighted by Crippen LogP contribution is -2.22. The van der Waals surface area contributed by atoms with Crippen LogP contribution in [0.15, 0.2) is 71.4 Å². The average molecular weight is 291 g/mol. The minimum absolute atomic E-state index is 0.903. The molecule has 22 heavy (non-hydrogen) atoms. The highest BCUT2D eigenvalue weighted by Crippen LogP contribution is 2.21. The quantitative estimate of drug-likeness (QED) is 0.637. The Morgan fingerprint density at radius 3 is 2.68 bits per heavy atom. The standard InChI is InChI=1S/C20H21NO/c1-2-21(14-7-10-17-8-4-3-5-9-17)16-19-12-6-11-18-13-15-22-20(18)19/h3-13,15H,2,14,16H2,1H3/b10-7+. The van der Waals surface area contributed by atoms with Crippen LogP contribution in [0.4, 0.5) is 0 Å². The van der Waals surface area contributed by atoms with E-state index >= 15 is 0 Å². The molecule has 0 amide bonds. The first-order valence-electron chi connectivity index (χ1n) is 7.76. The molecular formula is C20H21NO. The van der Waals surface area contributed by atoms with Gasteiger partial charge >= 0.3 is 0 Å². The predicted octanol–water partition coefficient (Wildman–Crippen LogP) is 4.97. The molecule has 0 fully saturated rings. The van der Waals surface area contributed by atoms with E-state index in [4.69, 9.17) is 4.42 Å². The van der Waals surface area contributed by atoms with E-state index in [1.165, 1.54) is 16.5 Å². The van der Waals surface area contributed by atoms with Gasteiger partial charge in [0, 0.05) is 24.0 Å². The Morgan fingerprint density at radius 1 is 1.00 bits per heavy atom. The largest absolute Gasteiger partial charge is 0.464 e. The van der Waals surface area contributed by atoms with E-state index in [0.29, 0.717) is 0 Å². The van der Waals surface area contributed by atoms with Crippen molar-refractivity contribution in [3.05, 3.63) is 78.1 Å². The van der Waals surface area contributed by atoms with Crippen molar-refractivity contribution in [2.75, 3.05) is 13.1 Å². The first-order valence-corrected chi connectivity index (χ1v) is 7.76. The van der Waals surface area contributed by atoms with Gasteiger partial charge in [-0.1, -0.05) is 67.6 Å². The zero-order valence-electron chi connectivity index (χ0n) is 12.9.